The van der Waals surface area contributed by atoms with E-state index in [0.717, 1.165) is 24.9 Å². The molecule has 0 atom stereocenters. The molecule has 0 bridgehead atoms. The van der Waals surface area contributed by atoms with Crippen LogP contribution in [0.4, 0.5) is 0 Å². The van der Waals surface area contributed by atoms with Gasteiger partial charge in [-0.3, -0.25) is 0 Å². The van der Waals surface area contributed by atoms with E-state index in [4.69, 9.17) is 11.5 Å². The molecule has 0 aliphatic rings. The number of hydrogen-bond acceptors (Lipinski definition) is 3. The smallest absolute Gasteiger partial charge is 0.157 e. The Morgan fingerprint density at radius 2 is 2.07 bits per heavy atom. The maximum absolute atomic E-state index is 9.24. The van der Waals surface area contributed by atoms with Gasteiger partial charge in [0, 0.05) is 13.0 Å². The van der Waals surface area contributed by atoms with Crippen molar-refractivity contribution < 1.29 is 10.2 Å². The molecule has 1 rings (SSSR count). The normalized spacial score (nSPS) is 9.80. The standard InChI is InChI=1S/C12H15NO2/c1-2-3-4-7-13-9-10-5-6-11(14)12(15)8-10/h1,5-6,8,13-15H,3-4,7,9H2. The highest BCUT2D eigenvalue weighted by Gasteiger charge is 1.99. The minimum absolute atomic E-state index is 0.0853. The zero-order chi connectivity index (χ0) is 11.1. The van der Waals surface area contributed by atoms with E-state index in [1.807, 2.05) is 0 Å². The monoisotopic (exact) mass is 205 g/mol. The van der Waals surface area contributed by atoms with Crippen LogP contribution in [0.5, 0.6) is 11.5 Å². The molecule has 3 N–H and O–H groups in total. The highest BCUT2D eigenvalue weighted by atomic mass is 16.3. The van der Waals surface area contributed by atoms with Crippen LogP contribution in [0.25, 0.3) is 0 Å². The molecule has 0 aliphatic heterocycles. The van der Waals surface area contributed by atoms with Gasteiger partial charge in [-0.2, -0.15) is 0 Å². The van der Waals surface area contributed by atoms with Gasteiger partial charge in [0.25, 0.3) is 0 Å². The highest BCUT2D eigenvalue weighted by Crippen LogP contribution is 2.24. The Balaban J connectivity index is 2.32. The zero-order valence-corrected chi connectivity index (χ0v) is 8.53. The number of hydrogen-bond donors (Lipinski definition) is 3. The molecular weight excluding hydrogens is 190 g/mol. The first-order chi connectivity index (χ1) is 7.24. The fourth-order valence-corrected chi connectivity index (χ4v) is 1.23. The van der Waals surface area contributed by atoms with E-state index in [1.165, 1.54) is 6.07 Å². The van der Waals surface area contributed by atoms with E-state index in [0.29, 0.717) is 6.54 Å². The van der Waals surface area contributed by atoms with E-state index < -0.39 is 0 Å². The SMILES string of the molecule is C#CCCCNCc1ccc(O)c(O)c1. The second-order valence-electron chi connectivity index (χ2n) is 3.31. The van der Waals surface area contributed by atoms with Gasteiger partial charge in [-0.25, -0.2) is 0 Å². The van der Waals surface area contributed by atoms with Crippen LogP contribution in [0.1, 0.15) is 18.4 Å². The third-order valence-corrected chi connectivity index (χ3v) is 2.04. The Bertz CT molecular complexity index is 355. The number of phenols is 2. The van der Waals surface area contributed by atoms with Crippen molar-refractivity contribution in [3.8, 4) is 23.8 Å². The number of aromatic hydroxyl groups is 2. The predicted octanol–water partition coefficient (Wildman–Crippen LogP) is 1.60. The third-order valence-electron chi connectivity index (χ3n) is 2.04. The molecule has 0 spiro atoms. The molecule has 80 valence electrons. The molecule has 15 heavy (non-hydrogen) atoms. The Kier molecular flexibility index (Phi) is 4.52. The van der Waals surface area contributed by atoms with Gasteiger partial charge in [0.15, 0.2) is 11.5 Å². The summed E-state index contributed by atoms with van der Waals surface area (Å²) >= 11 is 0. The third kappa shape index (κ3) is 3.92. The van der Waals surface area contributed by atoms with Crippen LogP contribution in [-0.2, 0) is 6.54 Å². The molecule has 0 heterocycles. The lowest BCUT2D eigenvalue weighted by atomic mass is 10.2. The second kappa shape index (κ2) is 5.94. The van der Waals surface area contributed by atoms with E-state index in [2.05, 4.69) is 11.2 Å². The first-order valence-corrected chi connectivity index (χ1v) is 4.89. The summed E-state index contributed by atoms with van der Waals surface area (Å²) in [6.45, 7) is 1.52. The van der Waals surface area contributed by atoms with Gasteiger partial charge in [-0.05, 0) is 30.7 Å². The van der Waals surface area contributed by atoms with Gasteiger partial charge < -0.3 is 15.5 Å². The van der Waals surface area contributed by atoms with Crippen molar-refractivity contribution in [3.63, 3.8) is 0 Å². The van der Waals surface area contributed by atoms with Crippen LogP contribution in [0.2, 0.25) is 0 Å². The zero-order valence-electron chi connectivity index (χ0n) is 8.53. The molecule has 0 fully saturated rings. The van der Waals surface area contributed by atoms with Gasteiger partial charge >= 0.3 is 0 Å². The van der Waals surface area contributed by atoms with Crippen molar-refractivity contribution in [2.45, 2.75) is 19.4 Å². The maximum atomic E-state index is 9.24. The lowest BCUT2D eigenvalue weighted by Gasteiger charge is -2.05. The van der Waals surface area contributed by atoms with Crippen molar-refractivity contribution in [1.29, 1.82) is 0 Å². The van der Waals surface area contributed by atoms with Crippen LogP contribution in [0, 0.1) is 12.3 Å². The van der Waals surface area contributed by atoms with E-state index >= 15 is 0 Å². The average molecular weight is 205 g/mol. The molecule has 0 amide bonds. The number of rotatable bonds is 5. The fourth-order valence-electron chi connectivity index (χ4n) is 1.23. The summed E-state index contributed by atoms with van der Waals surface area (Å²) in [6.07, 6.45) is 6.84. The summed E-state index contributed by atoms with van der Waals surface area (Å²) < 4.78 is 0. The van der Waals surface area contributed by atoms with Crippen molar-refractivity contribution >= 4 is 0 Å². The quantitative estimate of drug-likeness (QED) is 0.389. The van der Waals surface area contributed by atoms with Crippen LogP contribution < -0.4 is 5.32 Å². The fraction of sp³-hybridized carbons (Fsp3) is 0.333. The molecule has 1 aromatic carbocycles. The molecule has 0 saturated carbocycles. The molecule has 0 unspecified atom stereocenters. The Morgan fingerprint density at radius 3 is 2.73 bits per heavy atom. The molecule has 3 heteroatoms. The lowest BCUT2D eigenvalue weighted by Crippen LogP contribution is -2.14. The van der Waals surface area contributed by atoms with Gasteiger partial charge in [-0.1, -0.05) is 6.07 Å². The first-order valence-electron chi connectivity index (χ1n) is 4.89. The summed E-state index contributed by atoms with van der Waals surface area (Å²) in [5.74, 6) is 2.39. The van der Waals surface area contributed by atoms with Gasteiger partial charge in [0.2, 0.25) is 0 Å². The number of nitrogens with one attached hydrogen (secondary N) is 1. The van der Waals surface area contributed by atoms with Gasteiger partial charge in [0.1, 0.15) is 0 Å². The number of benzene rings is 1. The topological polar surface area (TPSA) is 52.5 Å². The molecule has 3 nitrogen and oxygen atoms in total. The summed E-state index contributed by atoms with van der Waals surface area (Å²) in [5, 5.41) is 21.5. The summed E-state index contributed by atoms with van der Waals surface area (Å²) in [5.41, 5.74) is 0.936. The Hall–Kier alpha value is -1.66. The maximum Gasteiger partial charge on any atom is 0.157 e. The minimum atomic E-state index is -0.0916. The summed E-state index contributed by atoms with van der Waals surface area (Å²) in [4.78, 5) is 0. The van der Waals surface area contributed by atoms with Gasteiger partial charge in [-0.15, -0.1) is 12.3 Å². The lowest BCUT2D eigenvalue weighted by molar-refractivity contribution is 0.403. The molecule has 0 aliphatic carbocycles. The van der Waals surface area contributed by atoms with Crippen LogP contribution in [0.3, 0.4) is 0 Å². The van der Waals surface area contributed by atoms with Crippen LogP contribution in [-0.4, -0.2) is 16.8 Å². The minimum Gasteiger partial charge on any atom is -0.504 e. The average Bonchev–Trinajstić information content (AvgIpc) is 2.23. The van der Waals surface area contributed by atoms with Crippen LogP contribution >= 0.6 is 0 Å². The Morgan fingerprint density at radius 1 is 1.27 bits per heavy atom. The second-order valence-corrected chi connectivity index (χ2v) is 3.31. The molecule has 1 aromatic rings. The Labute approximate surface area is 89.8 Å². The molecule has 0 aromatic heterocycles. The van der Waals surface area contributed by atoms with E-state index in [-0.39, 0.29) is 11.5 Å². The molecule has 0 saturated heterocycles. The van der Waals surface area contributed by atoms with Crippen LogP contribution in [0.15, 0.2) is 18.2 Å². The van der Waals surface area contributed by atoms with Crippen molar-refractivity contribution in [3.05, 3.63) is 23.8 Å². The summed E-state index contributed by atoms with van der Waals surface area (Å²) in [6, 6.07) is 4.79. The van der Waals surface area contributed by atoms with Crippen molar-refractivity contribution in [2.24, 2.45) is 0 Å². The largest absolute Gasteiger partial charge is 0.504 e. The molecule has 0 radical (unpaired) electrons. The number of unbranched alkanes of at least 4 members (excludes halogenated alkanes) is 1. The number of terminal acetylenes is 1. The van der Waals surface area contributed by atoms with Crippen molar-refractivity contribution in [1.82, 2.24) is 5.32 Å². The predicted molar refractivity (Wildman–Crippen MR) is 59.5 cm³/mol. The highest BCUT2D eigenvalue weighted by molar-refractivity contribution is 5.40. The van der Waals surface area contributed by atoms with Gasteiger partial charge in [0.05, 0.1) is 0 Å². The first kappa shape index (κ1) is 11.4. The molecular formula is C12H15NO2. The van der Waals surface area contributed by atoms with E-state index in [9.17, 15) is 5.11 Å². The summed E-state index contributed by atoms with van der Waals surface area (Å²) in [7, 11) is 0. The number of phenolic OH excluding ortho intramolecular Hbond substituents is 2. The van der Waals surface area contributed by atoms with E-state index in [1.54, 1.807) is 12.1 Å². The van der Waals surface area contributed by atoms with Crippen molar-refractivity contribution in [2.75, 3.05) is 6.54 Å².